The number of alkyl halides is 3. The molecule has 3 nitrogen and oxygen atoms in total. The number of amides is 1. The molecule has 0 saturated heterocycles. The van der Waals surface area contributed by atoms with Crippen LogP contribution in [0.1, 0.15) is 39.0 Å². The second kappa shape index (κ2) is 5.55. The Kier molecular flexibility index (Phi) is 3.86. The van der Waals surface area contributed by atoms with Gasteiger partial charge in [-0.2, -0.15) is 13.2 Å². The Morgan fingerprint density at radius 3 is 2.73 bits per heavy atom. The largest absolute Gasteiger partial charge is 0.417 e. The predicted octanol–water partition coefficient (Wildman–Crippen LogP) is 4.95. The molecular weight excluding hydrogens is 337 g/mol. The fourth-order valence-electron chi connectivity index (χ4n) is 1.92. The highest BCUT2D eigenvalue weighted by Crippen LogP contribution is 2.42. The van der Waals surface area contributed by atoms with Crippen LogP contribution in [0.2, 0.25) is 5.02 Å². The quantitative estimate of drug-likeness (QED) is 0.854. The van der Waals surface area contributed by atoms with Crippen molar-refractivity contribution in [3.8, 4) is 0 Å². The Morgan fingerprint density at radius 2 is 2.09 bits per heavy atom. The van der Waals surface area contributed by atoms with Crippen LogP contribution in [0, 0.1) is 0 Å². The van der Waals surface area contributed by atoms with E-state index in [1.165, 1.54) is 23.6 Å². The van der Waals surface area contributed by atoms with Crippen molar-refractivity contribution >= 4 is 34.5 Å². The molecule has 0 radical (unpaired) electrons. The zero-order valence-electron chi connectivity index (χ0n) is 11.1. The fourth-order valence-corrected chi connectivity index (χ4v) is 3.13. The van der Waals surface area contributed by atoms with E-state index in [2.05, 4.69) is 10.3 Å². The maximum absolute atomic E-state index is 12.8. The van der Waals surface area contributed by atoms with Gasteiger partial charge in [-0.25, -0.2) is 4.98 Å². The molecular formula is C14H10ClF3N2OS. The number of benzene rings is 1. The first-order valence-corrected chi connectivity index (χ1v) is 7.68. The highest BCUT2D eigenvalue weighted by molar-refractivity contribution is 7.13. The smallest absolute Gasteiger partial charge is 0.321 e. The van der Waals surface area contributed by atoms with Crippen LogP contribution < -0.4 is 5.32 Å². The van der Waals surface area contributed by atoms with E-state index in [4.69, 9.17) is 11.6 Å². The van der Waals surface area contributed by atoms with Crippen LogP contribution >= 0.6 is 22.9 Å². The molecule has 1 aliphatic carbocycles. The minimum Gasteiger partial charge on any atom is -0.321 e. The van der Waals surface area contributed by atoms with Crippen LogP contribution in [0.3, 0.4) is 0 Å². The third-order valence-electron chi connectivity index (χ3n) is 3.20. The maximum Gasteiger partial charge on any atom is 0.417 e. The molecule has 0 aliphatic heterocycles. The molecule has 1 heterocycles. The van der Waals surface area contributed by atoms with Crippen LogP contribution in [0.5, 0.6) is 0 Å². The number of rotatable bonds is 3. The molecule has 1 aliphatic rings. The summed E-state index contributed by atoms with van der Waals surface area (Å²) in [6.07, 6.45) is -0.975. The first-order valence-electron chi connectivity index (χ1n) is 6.48. The third-order valence-corrected chi connectivity index (χ3v) is 4.69. The predicted molar refractivity (Wildman–Crippen MR) is 78.5 cm³/mol. The van der Waals surface area contributed by atoms with Crippen molar-refractivity contribution in [2.75, 3.05) is 5.32 Å². The van der Waals surface area contributed by atoms with Gasteiger partial charge >= 0.3 is 6.18 Å². The summed E-state index contributed by atoms with van der Waals surface area (Å²) in [5.74, 6) is -0.0428. The molecule has 1 N–H and O–H groups in total. The molecule has 1 amide bonds. The van der Waals surface area contributed by atoms with E-state index < -0.39 is 22.7 Å². The summed E-state index contributed by atoms with van der Waals surface area (Å²) < 4.78 is 38.3. The fraction of sp³-hybridized carbons (Fsp3) is 0.286. The highest BCUT2D eigenvalue weighted by Gasteiger charge is 2.33. The van der Waals surface area contributed by atoms with E-state index in [1.54, 1.807) is 0 Å². The van der Waals surface area contributed by atoms with Crippen LogP contribution in [-0.2, 0) is 6.18 Å². The molecule has 0 unspecified atom stereocenters. The van der Waals surface area contributed by atoms with Gasteiger partial charge in [-0.3, -0.25) is 4.79 Å². The number of anilines is 1. The van der Waals surface area contributed by atoms with Crippen molar-refractivity contribution in [3.05, 3.63) is 44.9 Å². The Hall–Kier alpha value is -1.60. The number of halogens is 4. The molecule has 0 bridgehead atoms. The monoisotopic (exact) mass is 346 g/mol. The van der Waals surface area contributed by atoms with Crippen LogP contribution in [0.25, 0.3) is 0 Å². The molecule has 8 heteroatoms. The summed E-state index contributed by atoms with van der Waals surface area (Å²) in [5, 5.41) is 2.94. The Balaban J connectivity index is 1.78. The van der Waals surface area contributed by atoms with Gasteiger partial charge in [0.1, 0.15) is 4.88 Å². The topological polar surface area (TPSA) is 42.0 Å². The van der Waals surface area contributed by atoms with E-state index in [0.717, 1.165) is 30.0 Å². The molecule has 0 spiro atoms. The number of hydrogen-bond donors (Lipinski definition) is 1. The zero-order chi connectivity index (χ0) is 15.9. The van der Waals surface area contributed by atoms with Crippen LogP contribution in [0.15, 0.2) is 24.4 Å². The SMILES string of the molecule is O=C(Nc1ccc(Cl)c(C(F)(F)F)c1)c1cnc(C2CC2)s1. The number of carbonyl (C=O) groups is 1. The standard InChI is InChI=1S/C14H10ClF3N2OS/c15-10-4-3-8(5-9(10)14(16,17)18)20-12(21)11-6-19-13(22-11)7-1-2-7/h3-7H,1-2H2,(H,20,21). The molecule has 1 aromatic carbocycles. The number of aromatic nitrogens is 1. The summed E-state index contributed by atoms with van der Waals surface area (Å²) in [4.78, 5) is 16.6. The zero-order valence-corrected chi connectivity index (χ0v) is 12.6. The Morgan fingerprint density at radius 1 is 1.36 bits per heavy atom. The van der Waals surface area contributed by atoms with Crippen molar-refractivity contribution in [3.63, 3.8) is 0 Å². The maximum atomic E-state index is 12.8. The lowest BCUT2D eigenvalue weighted by Gasteiger charge is -2.11. The van der Waals surface area contributed by atoms with Gasteiger partial charge < -0.3 is 5.32 Å². The first kappa shape index (κ1) is 15.3. The number of nitrogens with one attached hydrogen (secondary N) is 1. The van der Waals surface area contributed by atoms with E-state index in [-0.39, 0.29) is 5.69 Å². The van der Waals surface area contributed by atoms with Crippen molar-refractivity contribution in [2.24, 2.45) is 0 Å². The highest BCUT2D eigenvalue weighted by atomic mass is 35.5. The van der Waals surface area contributed by atoms with E-state index in [9.17, 15) is 18.0 Å². The minimum atomic E-state index is -4.57. The van der Waals surface area contributed by atoms with Crippen molar-refractivity contribution in [1.82, 2.24) is 4.98 Å². The van der Waals surface area contributed by atoms with Crippen LogP contribution in [-0.4, -0.2) is 10.9 Å². The lowest BCUT2D eigenvalue weighted by atomic mass is 10.2. The Bertz CT molecular complexity index is 725. The molecule has 3 rings (SSSR count). The summed E-state index contributed by atoms with van der Waals surface area (Å²) in [5.41, 5.74) is -0.932. The second-order valence-electron chi connectivity index (χ2n) is 4.98. The van der Waals surface area contributed by atoms with Gasteiger partial charge in [0.05, 0.1) is 21.8 Å². The number of nitrogens with zero attached hydrogens (tertiary/aromatic N) is 1. The van der Waals surface area contributed by atoms with Gasteiger partial charge in [0.2, 0.25) is 0 Å². The third kappa shape index (κ3) is 3.25. The molecule has 2 aromatic rings. The normalized spacial score (nSPS) is 14.9. The summed E-state index contributed by atoms with van der Waals surface area (Å²) >= 11 is 6.81. The number of thiazole rings is 1. The minimum absolute atomic E-state index is 0.0445. The van der Waals surface area contributed by atoms with Crippen LogP contribution in [0.4, 0.5) is 18.9 Å². The second-order valence-corrected chi connectivity index (χ2v) is 6.45. The molecule has 1 saturated carbocycles. The van der Waals surface area contributed by atoms with Gasteiger partial charge in [0.15, 0.2) is 0 Å². The van der Waals surface area contributed by atoms with Gasteiger partial charge in [0, 0.05) is 11.6 Å². The molecule has 22 heavy (non-hydrogen) atoms. The van der Waals surface area contributed by atoms with Gasteiger partial charge in [-0.15, -0.1) is 11.3 Å². The molecule has 116 valence electrons. The average Bonchev–Trinajstić information content (AvgIpc) is 3.17. The van der Waals surface area contributed by atoms with Gasteiger partial charge in [-0.05, 0) is 31.0 Å². The first-order chi connectivity index (χ1) is 10.3. The van der Waals surface area contributed by atoms with Crippen molar-refractivity contribution in [2.45, 2.75) is 24.9 Å². The molecule has 0 atom stereocenters. The van der Waals surface area contributed by atoms with E-state index in [0.29, 0.717) is 10.8 Å². The number of hydrogen-bond acceptors (Lipinski definition) is 3. The van der Waals surface area contributed by atoms with E-state index in [1.807, 2.05) is 0 Å². The summed E-state index contributed by atoms with van der Waals surface area (Å²) in [6.45, 7) is 0. The van der Waals surface area contributed by atoms with Gasteiger partial charge in [-0.1, -0.05) is 11.6 Å². The molecule has 1 fully saturated rings. The lowest BCUT2D eigenvalue weighted by molar-refractivity contribution is -0.137. The Labute approximate surface area is 133 Å². The van der Waals surface area contributed by atoms with Crippen molar-refractivity contribution in [1.29, 1.82) is 0 Å². The summed E-state index contributed by atoms with van der Waals surface area (Å²) in [6, 6.07) is 3.27. The van der Waals surface area contributed by atoms with E-state index >= 15 is 0 Å². The van der Waals surface area contributed by atoms with Crippen molar-refractivity contribution < 1.29 is 18.0 Å². The van der Waals surface area contributed by atoms with Gasteiger partial charge in [0.25, 0.3) is 5.91 Å². The molecule has 1 aromatic heterocycles. The lowest BCUT2D eigenvalue weighted by Crippen LogP contribution is -2.12. The summed E-state index contributed by atoms with van der Waals surface area (Å²) in [7, 11) is 0. The number of carbonyl (C=O) groups excluding carboxylic acids is 1. The average molecular weight is 347 g/mol.